The van der Waals surface area contributed by atoms with E-state index in [1.165, 1.54) is 6.20 Å². The number of aryl methyl sites for hydroxylation is 1. The van der Waals surface area contributed by atoms with Crippen molar-refractivity contribution < 1.29 is 8.42 Å². The first-order chi connectivity index (χ1) is 13.9. The van der Waals surface area contributed by atoms with Crippen molar-refractivity contribution in [2.24, 2.45) is 0 Å². The Labute approximate surface area is 176 Å². The third kappa shape index (κ3) is 4.77. The van der Waals surface area contributed by atoms with Gasteiger partial charge in [-0.15, -0.1) is 11.3 Å². The number of thiazole rings is 1. The summed E-state index contributed by atoms with van der Waals surface area (Å²) >= 11 is 1.69. The van der Waals surface area contributed by atoms with Crippen LogP contribution in [0, 0.1) is 6.92 Å². The third-order valence-electron chi connectivity index (χ3n) is 5.57. The fraction of sp³-hybridized carbons (Fsp3) is 0.579. The third-order valence-corrected chi connectivity index (χ3v) is 8.27. The predicted molar refractivity (Wildman–Crippen MR) is 115 cm³/mol. The predicted octanol–water partition coefficient (Wildman–Crippen LogP) is 1.10. The Morgan fingerprint density at radius 1 is 1.03 bits per heavy atom. The van der Waals surface area contributed by atoms with E-state index in [4.69, 9.17) is 0 Å². The van der Waals surface area contributed by atoms with Crippen molar-refractivity contribution in [3.05, 3.63) is 34.4 Å². The number of sulfonamides is 1. The van der Waals surface area contributed by atoms with Crippen molar-refractivity contribution in [2.75, 3.05) is 64.3 Å². The molecule has 8 nitrogen and oxygen atoms in total. The van der Waals surface area contributed by atoms with E-state index in [1.807, 2.05) is 20.0 Å². The SMILES string of the molecule is Cc1nc(CN2CCN(c3ccc(S(=O)(=O)N4CCN(C)CC4)cn3)CC2)cs1. The number of rotatable bonds is 5. The molecular formula is C19H28N6O2S2. The lowest BCUT2D eigenvalue weighted by Gasteiger charge is -2.35. The molecular weight excluding hydrogens is 408 g/mol. The molecule has 2 aliphatic rings. The zero-order chi connectivity index (χ0) is 20.4. The van der Waals surface area contributed by atoms with Crippen LogP contribution in [-0.4, -0.2) is 91.9 Å². The van der Waals surface area contributed by atoms with Crippen molar-refractivity contribution in [3.8, 4) is 0 Å². The number of nitrogens with zero attached hydrogens (tertiary/aromatic N) is 6. The van der Waals surface area contributed by atoms with Crippen LogP contribution in [0.1, 0.15) is 10.7 Å². The van der Waals surface area contributed by atoms with Gasteiger partial charge < -0.3 is 9.80 Å². The normalized spacial score (nSPS) is 20.3. The Balaban J connectivity index is 1.35. The maximum absolute atomic E-state index is 12.8. The number of anilines is 1. The number of piperazine rings is 2. The second kappa shape index (κ2) is 8.65. The van der Waals surface area contributed by atoms with Gasteiger partial charge in [-0.05, 0) is 26.1 Å². The van der Waals surface area contributed by atoms with Crippen molar-refractivity contribution in [1.82, 2.24) is 24.1 Å². The summed E-state index contributed by atoms with van der Waals surface area (Å²) in [4.78, 5) is 16.1. The molecule has 0 aromatic carbocycles. The van der Waals surface area contributed by atoms with Crippen LogP contribution >= 0.6 is 11.3 Å². The summed E-state index contributed by atoms with van der Waals surface area (Å²) in [6.07, 6.45) is 1.51. The summed E-state index contributed by atoms with van der Waals surface area (Å²) in [7, 11) is -1.45. The molecule has 0 unspecified atom stereocenters. The molecule has 2 aliphatic heterocycles. The van der Waals surface area contributed by atoms with Gasteiger partial charge in [-0.3, -0.25) is 4.90 Å². The number of hydrogen-bond acceptors (Lipinski definition) is 8. The Bertz CT molecular complexity index is 914. The van der Waals surface area contributed by atoms with E-state index in [0.717, 1.165) is 62.3 Å². The first-order valence-corrected chi connectivity index (χ1v) is 12.3. The highest BCUT2D eigenvalue weighted by atomic mass is 32.2. The van der Waals surface area contributed by atoms with Gasteiger partial charge in [0.05, 0.1) is 10.7 Å². The molecule has 0 bridgehead atoms. The minimum atomic E-state index is -3.46. The molecule has 10 heteroatoms. The molecule has 0 amide bonds. The second-order valence-corrected chi connectivity index (χ2v) is 10.7. The minimum absolute atomic E-state index is 0.281. The Hall–Kier alpha value is -1.59. The average molecular weight is 437 g/mol. The summed E-state index contributed by atoms with van der Waals surface area (Å²) in [5, 5.41) is 3.23. The van der Waals surface area contributed by atoms with Crippen molar-refractivity contribution >= 4 is 27.2 Å². The van der Waals surface area contributed by atoms with Gasteiger partial charge in [0.2, 0.25) is 10.0 Å². The molecule has 0 N–H and O–H groups in total. The van der Waals surface area contributed by atoms with Crippen LogP contribution in [0.2, 0.25) is 0 Å². The molecule has 158 valence electrons. The molecule has 4 heterocycles. The quantitative estimate of drug-likeness (QED) is 0.695. The largest absolute Gasteiger partial charge is 0.354 e. The van der Waals surface area contributed by atoms with Crippen molar-refractivity contribution in [1.29, 1.82) is 0 Å². The molecule has 29 heavy (non-hydrogen) atoms. The summed E-state index contributed by atoms with van der Waals surface area (Å²) in [6, 6.07) is 3.53. The zero-order valence-corrected chi connectivity index (χ0v) is 18.6. The van der Waals surface area contributed by atoms with Gasteiger partial charge in [0.25, 0.3) is 0 Å². The lowest BCUT2D eigenvalue weighted by Crippen LogP contribution is -2.47. The molecule has 0 atom stereocenters. The van der Waals surface area contributed by atoms with Crippen LogP contribution in [0.5, 0.6) is 0 Å². The van der Waals surface area contributed by atoms with Crippen LogP contribution in [0.3, 0.4) is 0 Å². The second-order valence-electron chi connectivity index (χ2n) is 7.68. The Morgan fingerprint density at radius 3 is 2.34 bits per heavy atom. The molecule has 0 aliphatic carbocycles. The minimum Gasteiger partial charge on any atom is -0.354 e. The van der Waals surface area contributed by atoms with E-state index >= 15 is 0 Å². The van der Waals surface area contributed by atoms with Gasteiger partial charge >= 0.3 is 0 Å². The first-order valence-electron chi connectivity index (χ1n) is 9.95. The number of aromatic nitrogens is 2. The van der Waals surface area contributed by atoms with E-state index in [2.05, 4.69) is 30.0 Å². The molecule has 0 spiro atoms. The lowest BCUT2D eigenvalue weighted by molar-refractivity contribution is 0.222. The standard InChI is InChI=1S/C19H28N6O2S2/c1-16-21-17(15-28-16)14-23-7-9-24(10-8-23)19-4-3-18(13-20-19)29(26,27)25-11-5-22(2)6-12-25/h3-4,13,15H,5-12,14H2,1-2H3. The van der Waals surface area contributed by atoms with Crippen LogP contribution in [-0.2, 0) is 16.6 Å². The smallest absolute Gasteiger partial charge is 0.244 e. The van der Waals surface area contributed by atoms with Crippen LogP contribution in [0.15, 0.2) is 28.6 Å². The summed E-state index contributed by atoms with van der Waals surface area (Å²) in [5.74, 6) is 0.839. The van der Waals surface area contributed by atoms with Crippen molar-refractivity contribution in [3.63, 3.8) is 0 Å². The topological polar surface area (TPSA) is 72.9 Å². The van der Waals surface area contributed by atoms with Gasteiger partial charge in [-0.25, -0.2) is 18.4 Å². The van der Waals surface area contributed by atoms with E-state index in [0.29, 0.717) is 13.1 Å². The van der Waals surface area contributed by atoms with E-state index in [-0.39, 0.29) is 4.90 Å². The number of hydrogen-bond donors (Lipinski definition) is 0. The molecule has 2 fully saturated rings. The highest BCUT2D eigenvalue weighted by Gasteiger charge is 2.28. The van der Waals surface area contributed by atoms with Gasteiger partial charge in [-0.2, -0.15) is 4.31 Å². The highest BCUT2D eigenvalue weighted by Crippen LogP contribution is 2.21. The van der Waals surface area contributed by atoms with Crippen LogP contribution in [0.4, 0.5) is 5.82 Å². The summed E-state index contributed by atoms with van der Waals surface area (Å²) in [6.45, 7) is 9.13. The number of pyridine rings is 1. The summed E-state index contributed by atoms with van der Waals surface area (Å²) in [5.41, 5.74) is 1.14. The lowest BCUT2D eigenvalue weighted by atomic mass is 10.3. The van der Waals surface area contributed by atoms with E-state index in [9.17, 15) is 8.42 Å². The molecule has 2 saturated heterocycles. The summed E-state index contributed by atoms with van der Waals surface area (Å²) < 4.78 is 27.2. The molecule has 4 rings (SSSR count). The maximum Gasteiger partial charge on any atom is 0.244 e. The molecule has 0 saturated carbocycles. The average Bonchev–Trinajstić information content (AvgIpc) is 3.13. The van der Waals surface area contributed by atoms with Crippen LogP contribution in [0.25, 0.3) is 0 Å². The molecule has 2 aromatic heterocycles. The Kier molecular flexibility index (Phi) is 6.16. The molecule has 0 radical (unpaired) electrons. The molecule has 2 aromatic rings. The van der Waals surface area contributed by atoms with Gasteiger partial charge in [0.1, 0.15) is 10.7 Å². The maximum atomic E-state index is 12.8. The first kappa shape index (κ1) is 20.7. The van der Waals surface area contributed by atoms with Gasteiger partial charge in [0, 0.05) is 70.5 Å². The van der Waals surface area contributed by atoms with E-state index < -0.39 is 10.0 Å². The monoisotopic (exact) mass is 436 g/mol. The zero-order valence-electron chi connectivity index (χ0n) is 17.0. The van der Waals surface area contributed by atoms with Gasteiger partial charge in [0.15, 0.2) is 0 Å². The fourth-order valence-electron chi connectivity index (χ4n) is 3.73. The van der Waals surface area contributed by atoms with Gasteiger partial charge in [-0.1, -0.05) is 0 Å². The van der Waals surface area contributed by atoms with Crippen molar-refractivity contribution in [2.45, 2.75) is 18.4 Å². The number of likely N-dealkylation sites (N-methyl/N-ethyl adjacent to an activating group) is 1. The van der Waals surface area contributed by atoms with E-state index in [1.54, 1.807) is 21.7 Å². The fourth-order valence-corrected chi connectivity index (χ4v) is 5.71. The van der Waals surface area contributed by atoms with Crippen LogP contribution < -0.4 is 4.90 Å². The Morgan fingerprint density at radius 2 is 1.76 bits per heavy atom. The highest BCUT2D eigenvalue weighted by molar-refractivity contribution is 7.89.